The van der Waals surface area contributed by atoms with Gasteiger partial charge in [0, 0.05) is 18.7 Å². The Hall–Kier alpha value is -1.87. The lowest BCUT2D eigenvalue weighted by molar-refractivity contribution is -0.138. The van der Waals surface area contributed by atoms with Crippen molar-refractivity contribution in [2.75, 3.05) is 19.8 Å². The van der Waals surface area contributed by atoms with E-state index in [0.29, 0.717) is 26.2 Å². The Bertz CT molecular complexity index is 512. The number of nitrogens with zero attached hydrogens (tertiary/aromatic N) is 3. The Morgan fingerprint density at radius 2 is 2.40 bits per heavy atom. The van der Waals surface area contributed by atoms with Crippen LogP contribution in [0, 0.1) is 25.2 Å². The lowest BCUT2D eigenvalue weighted by atomic mass is 9.95. The SMILES string of the molecule is Cc1n[nH]c(C)c1[C@@H](C)CC(=O)N1CCOC[C@@H]1C#N. The quantitative estimate of drug-likeness (QED) is 0.901. The number of hydrogen-bond donors (Lipinski definition) is 1. The minimum absolute atomic E-state index is 0.00681. The van der Waals surface area contributed by atoms with Crippen molar-refractivity contribution in [1.82, 2.24) is 15.1 Å². The van der Waals surface area contributed by atoms with Gasteiger partial charge >= 0.3 is 0 Å². The summed E-state index contributed by atoms with van der Waals surface area (Å²) >= 11 is 0. The number of amides is 1. The smallest absolute Gasteiger partial charge is 0.224 e. The zero-order valence-corrected chi connectivity index (χ0v) is 12.1. The molecule has 1 fully saturated rings. The van der Waals surface area contributed by atoms with E-state index in [-0.39, 0.29) is 11.8 Å². The highest BCUT2D eigenvalue weighted by Gasteiger charge is 2.29. The normalized spacial score (nSPS) is 20.5. The summed E-state index contributed by atoms with van der Waals surface area (Å²) in [5, 5.41) is 16.2. The van der Waals surface area contributed by atoms with E-state index in [1.807, 2.05) is 20.8 Å². The molecule has 1 N–H and O–H groups in total. The van der Waals surface area contributed by atoms with Crippen molar-refractivity contribution in [2.24, 2.45) is 0 Å². The first-order valence-corrected chi connectivity index (χ1v) is 6.83. The van der Waals surface area contributed by atoms with Crippen molar-refractivity contribution in [3.8, 4) is 6.07 Å². The maximum Gasteiger partial charge on any atom is 0.224 e. The van der Waals surface area contributed by atoms with E-state index in [0.717, 1.165) is 17.0 Å². The number of aryl methyl sites for hydroxylation is 2. The van der Waals surface area contributed by atoms with Crippen molar-refractivity contribution in [3.05, 3.63) is 17.0 Å². The molecule has 2 atom stereocenters. The molecule has 108 valence electrons. The van der Waals surface area contributed by atoms with Gasteiger partial charge in [0.25, 0.3) is 0 Å². The van der Waals surface area contributed by atoms with Crippen LogP contribution in [0.1, 0.15) is 36.2 Å². The molecule has 1 aliphatic rings. The lowest BCUT2D eigenvalue weighted by Crippen LogP contribution is -2.48. The summed E-state index contributed by atoms with van der Waals surface area (Å²) in [7, 11) is 0. The highest BCUT2D eigenvalue weighted by molar-refractivity contribution is 5.78. The number of aromatic amines is 1. The summed E-state index contributed by atoms with van der Waals surface area (Å²) in [6.45, 7) is 7.22. The van der Waals surface area contributed by atoms with Crippen molar-refractivity contribution >= 4 is 5.91 Å². The highest BCUT2D eigenvalue weighted by atomic mass is 16.5. The van der Waals surface area contributed by atoms with Crippen LogP contribution in [0.25, 0.3) is 0 Å². The van der Waals surface area contributed by atoms with Gasteiger partial charge in [0.15, 0.2) is 0 Å². The third kappa shape index (κ3) is 2.83. The molecule has 0 bridgehead atoms. The molecule has 6 heteroatoms. The van der Waals surface area contributed by atoms with Crippen molar-refractivity contribution in [3.63, 3.8) is 0 Å². The number of carbonyl (C=O) groups is 1. The zero-order chi connectivity index (χ0) is 14.7. The molecule has 1 saturated heterocycles. The largest absolute Gasteiger partial charge is 0.376 e. The number of aromatic nitrogens is 2. The fraction of sp³-hybridized carbons (Fsp3) is 0.643. The number of nitrogens with one attached hydrogen (secondary N) is 1. The van der Waals surface area contributed by atoms with Crippen LogP contribution in [0.15, 0.2) is 0 Å². The predicted molar refractivity (Wildman–Crippen MR) is 73.0 cm³/mol. The third-order valence-electron chi connectivity index (χ3n) is 3.76. The second kappa shape index (κ2) is 6.06. The molecule has 1 aromatic rings. The van der Waals surface area contributed by atoms with Crippen LogP contribution in [0.5, 0.6) is 0 Å². The van der Waals surface area contributed by atoms with Gasteiger partial charge in [-0.1, -0.05) is 6.92 Å². The third-order valence-corrected chi connectivity index (χ3v) is 3.76. The molecule has 0 unspecified atom stereocenters. The average Bonchev–Trinajstić information content (AvgIpc) is 2.78. The van der Waals surface area contributed by atoms with E-state index in [9.17, 15) is 4.79 Å². The Morgan fingerprint density at radius 1 is 1.65 bits per heavy atom. The molecule has 0 radical (unpaired) electrons. The fourth-order valence-corrected chi connectivity index (χ4v) is 2.78. The standard InChI is InChI=1S/C14H20N4O2/c1-9(14-10(2)16-17-11(14)3)6-13(19)18-4-5-20-8-12(18)7-15/h9,12H,4-6,8H2,1-3H3,(H,16,17)/t9-,12-/m0/s1. The van der Waals surface area contributed by atoms with Crippen LogP contribution in [0.3, 0.4) is 0 Å². The van der Waals surface area contributed by atoms with Gasteiger partial charge in [0.2, 0.25) is 5.91 Å². The Kier molecular flexibility index (Phi) is 4.40. The molecule has 0 saturated carbocycles. The van der Waals surface area contributed by atoms with Gasteiger partial charge in [0.1, 0.15) is 6.04 Å². The summed E-state index contributed by atoms with van der Waals surface area (Å²) in [4.78, 5) is 14.0. The molecule has 0 aromatic carbocycles. The second-order valence-corrected chi connectivity index (χ2v) is 5.26. The first kappa shape index (κ1) is 14.5. The molecule has 1 aromatic heterocycles. The average molecular weight is 276 g/mol. The molecule has 1 aliphatic heterocycles. The van der Waals surface area contributed by atoms with Gasteiger partial charge in [0.05, 0.1) is 25.0 Å². The molecule has 2 heterocycles. The topological polar surface area (TPSA) is 82.0 Å². The van der Waals surface area contributed by atoms with Gasteiger partial charge in [-0.25, -0.2) is 0 Å². The lowest BCUT2D eigenvalue weighted by Gasteiger charge is -2.32. The summed E-state index contributed by atoms with van der Waals surface area (Å²) in [6, 6.07) is 1.66. The van der Waals surface area contributed by atoms with E-state index in [2.05, 4.69) is 16.3 Å². The molecule has 6 nitrogen and oxygen atoms in total. The summed E-state index contributed by atoms with van der Waals surface area (Å²) in [6.07, 6.45) is 0.388. The molecule has 20 heavy (non-hydrogen) atoms. The second-order valence-electron chi connectivity index (χ2n) is 5.26. The molecular formula is C14H20N4O2. The van der Waals surface area contributed by atoms with Gasteiger partial charge in [-0.15, -0.1) is 0 Å². The first-order chi connectivity index (χ1) is 9.54. The van der Waals surface area contributed by atoms with E-state index in [4.69, 9.17) is 10.00 Å². The van der Waals surface area contributed by atoms with Gasteiger partial charge in [-0.05, 0) is 25.3 Å². The number of morpholine rings is 1. The molecule has 2 rings (SSSR count). The minimum atomic E-state index is -0.463. The van der Waals surface area contributed by atoms with Crippen molar-refractivity contribution in [1.29, 1.82) is 5.26 Å². The monoisotopic (exact) mass is 276 g/mol. The fourth-order valence-electron chi connectivity index (χ4n) is 2.78. The Morgan fingerprint density at radius 3 is 3.00 bits per heavy atom. The zero-order valence-electron chi connectivity index (χ0n) is 12.1. The molecule has 0 aliphatic carbocycles. The molecule has 1 amide bonds. The maximum atomic E-state index is 12.4. The number of ether oxygens (including phenoxy) is 1. The summed E-state index contributed by atoms with van der Waals surface area (Å²) in [5.74, 6) is 0.0933. The van der Waals surface area contributed by atoms with Gasteiger partial charge in [-0.3, -0.25) is 9.89 Å². The summed E-state index contributed by atoms with van der Waals surface area (Å²) < 4.78 is 5.24. The number of H-pyrrole nitrogens is 1. The van der Waals surface area contributed by atoms with Crippen LogP contribution >= 0.6 is 0 Å². The minimum Gasteiger partial charge on any atom is -0.376 e. The summed E-state index contributed by atoms with van der Waals surface area (Å²) in [5.41, 5.74) is 3.03. The highest BCUT2D eigenvalue weighted by Crippen LogP contribution is 2.25. The van der Waals surface area contributed by atoms with Crippen molar-refractivity contribution < 1.29 is 9.53 Å². The van der Waals surface area contributed by atoms with Crippen LogP contribution < -0.4 is 0 Å². The predicted octanol–water partition coefficient (Wildman–Crippen LogP) is 1.27. The Balaban J connectivity index is 2.06. The molecule has 0 spiro atoms. The van der Waals surface area contributed by atoms with Gasteiger partial charge < -0.3 is 9.64 Å². The van der Waals surface area contributed by atoms with E-state index in [1.165, 1.54) is 0 Å². The number of nitriles is 1. The van der Waals surface area contributed by atoms with E-state index < -0.39 is 6.04 Å². The first-order valence-electron chi connectivity index (χ1n) is 6.83. The number of rotatable bonds is 3. The van der Waals surface area contributed by atoms with Crippen LogP contribution in [0.2, 0.25) is 0 Å². The number of hydrogen-bond acceptors (Lipinski definition) is 4. The van der Waals surface area contributed by atoms with Crippen molar-refractivity contribution in [2.45, 2.75) is 39.2 Å². The maximum absolute atomic E-state index is 12.4. The van der Waals surface area contributed by atoms with Crippen LogP contribution in [-0.2, 0) is 9.53 Å². The Labute approximate surface area is 118 Å². The number of carbonyl (C=O) groups excluding carboxylic acids is 1. The van der Waals surface area contributed by atoms with Crippen LogP contribution in [0.4, 0.5) is 0 Å². The van der Waals surface area contributed by atoms with E-state index >= 15 is 0 Å². The van der Waals surface area contributed by atoms with E-state index in [1.54, 1.807) is 4.90 Å². The van der Waals surface area contributed by atoms with Gasteiger partial charge in [-0.2, -0.15) is 10.4 Å². The van der Waals surface area contributed by atoms with Crippen LogP contribution in [-0.4, -0.2) is 46.8 Å². The molecular weight excluding hydrogens is 256 g/mol.